The van der Waals surface area contributed by atoms with Crippen LogP contribution in [0.15, 0.2) is 18.2 Å². The molecule has 0 aromatic heterocycles. The predicted octanol–water partition coefficient (Wildman–Crippen LogP) is 3.01. The van der Waals surface area contributed by atoms with Crippen molar-refractivity contribution in [2.24, 2.45) is 0 Å². The van der Waals surface area contributed by atoms with Crippen LogP contribution >= 0.6 is 0 Å². The maximum atomic E-state index is 12.7. The summed E-state index contributed by atoms with van der Waals surface area (Å²) in [6.45, 7) is 2.69. The summed E-state index contributed by atoms with van der Waals surface area (Å²) in [5.74, 6) is -0.720. The van der Waals surface area contributed by atoms with Gasteiger partial charge in [0.1, 0.15) is 5.75 Å². The Kier molecular flexibility index (Phi) is 2.81. The van der Waals surface area contributed by atoms with Crippen molar-refractivity contribution in [1.29, 1.82) is 0 Å². The van der Waals surface area contributed by atoms with Gasteiger partial charge >= 0.3 is 6.18 Å². The summed E-state index contributed by atoms with van der Waals surface area (Å²) < 4.78 is 38.0. The molecule has 0 radical (unpaired) electrons. The highest BCUT2D eigenvalue weighted by Crippen LogP contribution is 2.39. The van der Waals surface area contributed by atoms with Crippen LogP contribution in [0.3, 0.4) is 0 Å². The fourth-order valence-electron chi connectivity index (χ4n) is 2.25. The molecule has 1 aliphatic heterocycles. The number of alkyl halides is 3. The smallest absolute Gasteiger partial charge is 0.419 e. The minimum absolute atomic E-state index is 0.423. The summed E-state index contributed by atoms with van der Waals surface area (Å²) in [5, 5.41) is 12.5. The Labute approximate surface area is 97.5 Å². The highest BCUT2D eigenvalue weighted by molar-refractivity contribution is 5.41. The van der Waals surface area contributed by atoms with E-state index < -0.39 is 23.0 Å². The Bertz CT molecular complexity index is 422. The minimum atomic E-state index is -4.52. The summed E-state index contributed by atoms with van der Waals surface area (Å²) in [6, 6.07) is 3.69. The van der Waals surface area contributed by atoms with Crippen LogP contribution in [0, 0.1) is 0 Å². The molecule has 2 nitrogen and oxygen atoms in total. The number of phenols is 1. The molecule has 1 saturated heterocycles. The third-order valence-electron chi connectivity index (χ3n) is 3.31. The minimum Gasteiger partial charge on any atom is -0.507 e. The van der Waals surface area contributed by atoms with Crippen LogP contribution in [0.25, 0.3) is 0 Å². The van der Waals surface area contributed by atoms with E-state index in [2.05, 4.69) is 5.32 Å². The second kappa shape index (κ2) is 3.91. The van der Waals surface area contributed by atoms with Crippen LogP contribution in [0.5, 0.6) is 5.75 Å². The molecule has 1 fully saturated rings. The van der Waals surface area contributed by atoms with Crippen LogP contribution < -0.4 is 5.32 Å². The first-order chi connectivity index (χ1) is 7.83. The largest absolute Gasteiger partial charge is 0.507 e. The molecule has 0 spiro atoms. The van der Waals surface area contributed by atoms with Crippen molar-refractivity contribution >= 4 is 0 Å². The lowest BCUT2D eigenvalue weighted by atomic mass is 9.89. The number of hydrogen-bond acceptors (Lipinski definition) is 2. The normalized spacial score (nSPS) is 25.2. The van der Waals surface area contributed by atoms with Gasteiger partial charge in [-0.05, 0) is 44.0 Å². The summed E-state index contributed by atoms with van der Waals surface area (Å²) in [4.78, 5) is 0. The fraction of sp³-hybridized carbons (Fsp3) is 0.500. The lowest BCUT2D eigenvalue weighted by molar-refractivity contribution is -0.138. The Balaban J connectivity index is 2.44. The molecule has 0 bridgehead atoms. The standard InChI is InChI=1S/C12H14F3NO/c1-11(5-2-6-16-11)8-3-4-10(17)9(7-8)12(13,14)15/h3-4,7,16-17H,2,5-6H2,1H3. The van der Waals surface area contributed by atoms with Crippen molar-refractivity contribution in [2.45, 2.75) is 31.5 Å². The van der Waals surface area contributed by atoms with Gasteiger partial charge in [-0.25, -0.2) is 0 Å². The van der Waals surface area contributed by atoms with Gasteiger partial charge in [0, 0.05) is 5.54 Å². The summed E-state index contributed by atoms with van der Waals surface area (Å²) in [6.07, 6.45) is -2.77. The van der Waals surface area contributed by atoms with E-state index in [9.17, 15) is 18.3 Å². The quantitative estimate of drug-likeness (QED) is 0.797. The van der Waals surface area contributed by atoms with Crippen molar-refractivity contribution in [1.82, 2.24) is 5.32 Å². The van der Waals surface area contributed by atoms with E-state index in [0.29, 0.717) is 5.56 Å². The molecule has 0 amide bonds. The average molecular weight is 245 g/mol. The van der Waals surface area contributed by atoms with E-state index in [1.165, 1.54) is 0 Å². The molecule has 2 rings (SSSR count). The molecule has 1 atom stereocenters. The molecule has 1 aromatic carbocycles. The van der Waals surface area contributed by atoms with Crippen molar-refractivity contribution < 1.29 is 18.3 Å². The monoisotopic (exact) mass is 245 g/mol. The SMILES string of the molecule is CC1(c2ccc(O)c(C(F)(F)F)c2)CCCN1. The van der Waals surface area contributed by atoms with E-state index in [1.807, 2.05) is 6.92 Å². The van der Waals surface area contributed by atoms with E-state index >= 15 is 0 Å². The molecule has 0 saturated carbocycles. The van der Waals surface area contributed by atoms with Gasteiger partial charge in [0.2, 0.25) is 0 Å². The lowest BCUT2D eigenvalue weighted by Crippen LogP contribution is -2.33. The van der Waals surface area contributed by atoms with E-state index in [1.54, 1.807) is 6.07 Å². The highest BCUT2D eigenvalue weighted by atomic mass is 19.4. The number of halogens is 3. The Morgan fingerprint density at radius 2 is 2.06 bits per heavy atom. The van der Waals surface area contributed by atoms with Crippen LogP contribution in [0.4, 0.5) is 13.2 Å². The number of benzene rings is 1. The third kappa shape index (κ3) is 2.24. The second-order valence-corrected chi connectivity index (χ2v) is 4.59. The zero-order chi connectivity index (χ0) is 12.7. The molecular weight excluding hydrogens is 231 g/mol. The second-order valence-electron chi connectivity index (χ2n) is 4.59. The molecule has 17 heavy (non-hydrogen) atoms. The lowest BCUT2D eigenvalue weighted by Gasteiger charge is -2.26. The van der Waals surface area contributed by atoms with Crippen molar-refractivity contribution in [2.75, 3.05) is 6.54 Å². The summed E-state index contributed by atoms with van der Waals surface area (Å²) >= 11 is 0. The Morgan fingerprint density at radius 1 is 1.35 bits per heavy atom. The van der Waals surface area contributed by atoms with Crippen molar-refractivity contribution in [3.05, 3.63) is 29.3 Å². The summed E-state index contributed by atoms with van der Waals surface area (Å²) in [7, 11) is 0. The number of aromatic hydroxyl groups is 1. The van der Waals surface area contributed by atoms with Gasteiger partial charge in [0.25, 0.3) is 0 Å². The Morgan fingerprint density at radius 3 is 2.59 bits per heavy atom. The van der Waals surface area contributed by atoms with Crippen molar-refractivity contribution in [3.8, 4) is 5.75 Å². The Hall–Kier alpha value is -1.23. The van der Waals surface area contributed by atoms with Gasteiger partial charge in [-0.1, -0.05) is 6.07 Å². The fourth-order valence-corrected chi connectivity index (χ4v) is 2.25. The van der Waals surface area contributed by atoms with Crippen molar-refractivity contribution in [3.63, 3.8) is 0 Å². The number of phenolic OH excluding ortho intramolecular Hbond substituents is 1. The van der Waals surface area contributed by atoms with Gasteiger partial charge in [-0.3, -0.25) is 0 Å². The molecule has 1 heterocycles. The van der Waals surface area contributed by atoms with E-state index in [4.69, 9.17) is 0 Å². The van der Waals surface area contributed by atoms with Crippen LogP contribution in [-0.4, -0.2) is 11.7 Å². The van der Waals surface area contributed by atoms with E-state index in [-0.39, 0.29) is 0 Å². The molecule has 94 valence electrons. The third-order valence-corrected chi connectivity index (χ3v) is 3.31. The molecule has 1 unspecified atom stereocenters. The molecule has 1 aliphatic rings. The first-order valence-corrected chi connectivity index (χ1v) is 5.49. The molecule has 0 aliphatic carbocycles. The highest BCUT2D eigenvalue weighted by Gasteiger charge is 2.37. The first-order valence-electron chi connectivity index (χ1n) is 5.49. The van der Waals surface area contributed by atoms with Gasteiger partial charge < -0.3 is 10.4 Å². The van der Waals surface area contributed by atoms with Crippen LogP contribution in [-0.2, 0) is 11.7 Å². The predicted molar refractivity (Wildman–Crippen MR) is 57.7 cm³/mol. The molecule has 1 aromatic rings. The first kappa shape index (κ1) is 12.2. The topological polar surface area (TPSA) is 32.3 Å². The maximum absolute atomic E-state index is 12.7. The van der Waals surface area contributed by atoms with Gasteiger partial charge in [0.15, 0.2) is 0 Å². The molecule has 2 N–H and O–H groups in total. The van der Waals surface area contributed by atoms with Crippen LogP contribution in [0.1, 0.15) is 30.9 Å². The van der Waals surface area contributed by atoms with Gasteiger partial charge in [0.05, 0.1) is 5.56 Å². The zero-order valence-corrected chi connectivity index (χ0v) is 9.43. The van der Waals surface area contributed by atoms with Gasteiger partial charge in [-0.2, -0.15) is 13.2 Å². The van der Waals surface area contributed by atoms with Gasteiger partial charge in [-0.15, -0.1) is 0 Å². The maximum Gasteiger partial charge on any atom is 0.419 e. The number of hydrogen-bond donors (Lipinski definition) is 2. The molecular formula is C12H14F3NO. The van der Waals surface area contributed by atoms with Crippen LogP contribution in [0.2, 0.25) is 0 Å². The zero-order valence-electron chi connectivity index (χ0n) is 9.43. The average Bonchev–Trinajstić information content (AvgIpc) is 2.65. The number of nitrogens with one attached hydrogen (secondary N) is 1. The summed E-state index contributed by atoms with van der Waals surface area (Å²) in [5.41, 5.74) is -0.821. The molecule has 5 heteroatoms. The number of rotatable bonds is 1. The van der Waals surface area contributed by atoms with E-state index in [0.717, 1.165) is 31.5 Å².